The maximum absolute atomic E-state index is 13.1. The number of carbonyl (C=O) groups is 2. The van der Waals surface area contributed by atoms with E-state index in [1.165, 1.54) is 41.7 Å². The Labute approximate surface area is 242 Å². The molecule has 0 radical (unpaired) electrons. The molecule has 5 rings (SSSR count). The van der Waals surface area contributed by atoms with E-state index in [2.05, 4.69) is 15.5 Å². The van der Waals surface area contributed by atoms with Crippen LogP contribution < -0.4 is 14.8 Å². The third kappa shape index (κ3) is 6.56. The molecule has 2 aromatic carbocycles. The minimum atomic E-state index is -0.410. The zero-order chi connectivity index (χ0) is 28.1. The lowest BCUT2D eigenvalue weighted by Crippen LogP contribution is -2.34. The van der Waals surface area contributed by atoms with Gasteiger partial charge in [0.25, 0.3) is 5.91 Å². The van der Waals surface area contributed by atoms with E-state index in [0.717, 1.165) is 36.1 Å². The predicted octanol–water partition coefficient (Wildman–Crippen LogP) is 6.56. The van der Waals surface area contributed by atoms with Crippen LogP contribution in [0.5, 0.6) is 11.5 Å². The first-order valence-corrected chi connectivity index (χ1v) is 14.5. The van der Waals surface area contributed by atoms with Crippen LogP contribution in [0.3, 0.4) is 0 Å². The highest BCUT2D eigenvalue weighted by atomic mass is 35.5. The number of halogens is 1. The Kier molecular flexibility index (Phi) is 8.86. The minimum Gasteiger partial charge on any atom is -0.493 e. The van der Waals surface area contributed by atoms with E-state index >= 15 is 0 Å². The summed E-state index contributed by atoms with van der Waals surface area (Å²) in [7, 11) is 1.64. The molecule has 1 fully saturated rings. The molecule has 0 spiro atoms. The second-order valence-electron chi connectivity index (χ2n) is 9.61. The smallest absolute Gasteiger partial charge is 0.302 e. The van der Waals surface area contributed by atoms with Crippen LogP contribution in [-0.4, -0.2) is 50.5 Å². The molecule has 0 bridgehead atoms. The molecule has 2 amide bonds. The molecular formula is C29H30ClN5O4S. The van der Waals surface area contributed by atoms with Gasteiger partial charge in [0.1, 0.15) is 0 Å². The van der Waals surface area contributed by atoms with Crippen molar-refractivity contribution in [2.75, 3.05) is 12.4 Å². The van der Waals surface area contributed by atoms with Crippen molar-refractivity contribution in [2.45, 2.75) is 56.9 Å². The third-order valence-electron chi connectivity index (χ3n) is 6.80. The Morgan fingerprint density at radius 3 is 2.65 bits per heavy atom. The lowest BCUT2D eigenvalue weighted by atomic mass is 10.0. The van der Waals surface area contributed by atoms with Crippen molar-refractivity contribution in [3.8, 4) is 11.5 Å². The van der Waals surface area contributed by atoms with Crippen molar-refractivity contribution in [2.24, 2.45) is 5.10 Å². The fourth-order valence-electron chi connectivity index (χ4n) is 4.76. The van der Waals surface area contributed by atoms with E-state index in [9.17, 15) is 9.59 Å². The van der Waals surface area contributed by atoms with Crippen LogP contribution >= 0.6 is 23.4 Å². The van der Waals surface area contributed by atoms with E-state index in [4.69, 9.17) is 26.2 Å². The molecule has 1 atom stereocenters. The van der Waals surface area contributed by atoms with Gasteiger partial charge in [-0.15, -0.1) is 10.2 Å². The van der Waals surface area contributed by atoms with Gasteiger partial charge < -0.3 is 14.8 Å². The van der Waals surface area contributed by atoms with Gasteiger partial charge in [0.2, 0.25) is 0 Å². The quantitative estimate of drug-likeness (QED) is 0.306. The Hall–Kier alpha value is -3.63. The Bertz CT molecular complexity index is 1410. The molecule has 2 aliphatic rings. The number of ether oxygens (including phenoxy) is 2. The minimum absolute atomic E-state index is 0.0809. The zero-order valence-electron chi connectivity index (χ0n) is 22.3. The molecule has 9 nitrogen and oxygen atoms in total. The molecule has 11 heteroatoms. The van der Waals surface area contributed by atoms with E-state index in [1.54, 1.807) is 19.2 Å². The molecule has 1 saturated carbocycles. The molecule has 1 N–H and O–H groups in total. The lowest BCUT2D eigenvalue weighted by Gasteiger charge is -2.29. The van der Waals surface area contributed by atoms with Crippen LogP contribution in [0.1, 0.15) is 60.6 Å². The molecule has 208 valence electrons. The summed E-state index contributed by atoms with van der Waals surface area (Å²) in [6.07, 6.45) is 5.36. The van der Waals surface area contributed by atoms with E-state index in [1.807, 2.05) is 37.3 Å². The highest BCUT2D eigenvalue weighted by molar-refractivity contribution is 8.14. The summed E-state index contributed by atoms with van der Waals surface area (Å²) in [6, 6.07) is 16.1. The summed E-state index contributed by atoms with van der Waals surface area (Å²) >= 11 is 7.03. The fraction of sp³-hybridized carbons (Fsp3) is 0.345. The van der Waals surface area contributed by atoms with Crippen LogP contribution in [0.2, 0.25) is 5.15 Å². The summed E-state index contributed by atoms with van der Waals surface area (Å²) in [5.74, 6) is 0.975. The number of hydrazone groups is 1. The average Bonchev–Trinajstić information content (AvgIpc) is 3.47. The van der Waals surface area contributed by atoms with Crippen molar-refractivity contribution >= 4 is 45.9 Å². The number of hydrogen-bond acceptors (Lipinski definition) is 8. The number of rotatable bonds is 9. The number of nitrogens with one attached hydrogen (secondary N) is 1. The number of anilines is 1. The number of hydrogen-bond donors (Lipinski definition) is 1. The Morgan fingerprint density at radius 1 is 1.10 bits per heavy atom. The van der Waals surface area contributed by atoms with Gasteiger partial charge in [0.05, 0.1) is 30.7 Å². The zero-order valence-corrected chi connectivity index (χ0v) is 23.9. The third-order valence-corrected chi connectivity index (χ3v) is 8.25. The Morgan fingerprint density at radius 2 is 1.93 bits per heavy atom. The first-order chi connectivity index (χ1) is 19.4. The van der Waals surface area contributed by atoms with Gasteiger partial charge in [-0.05, 0) is 80.1 Å². The summed E-state index contributed by atoms with van der Waals surface area (Å²) in [4.78, 5) is 25.6. The topological polar surface area (TPSA) is 106 Å². The van der Waals surface area contributed by atoms with Crippen molar-refractivity contribution in [3.63, 3.8) is 0 Å². The summed E-state index contributed by atoms with van der Waals surface area (Å²) in [5.41, 5.74) is 3.24. The van der Waals surface area contributed by atoms with Crippen molar-refractivity contribution in [1.29, 1.82) is 0 Å². The van der Waals surface area contributed by atoms with Gasteiger partial charge in [0.15, 0.2) is 22.3 Å². The van der Waals surface area contributed by atoms with Crippen LogP contribution in [0.4, 0.5) is 10.5 Å². The van der Waals surface area contributed by atoms with Crippen LogP contribution in [-0.2, 0) is 6.54 Å². The van der Waals surface area contributed by atoms with Crippen LogP contribution in [0, 0.1) is 0 Å². The second-order valence-corrected chi connectivity index (χ2v) is 11.2. The van der Waals surface area contributed by atoms with Gasteiger partial charge in [-0.2, -0.15) is 5.10 Å². The van der Waals surface area contributed by atoms with Gasteiger partial charge in [0, 0.05) is 11.3 Å². The number of thioether (sulfide) groups is 1. The number of nitrogens with zero attached hydrogens (tertiary/aromatic N) is 4. The number of carbonyl (C=O) groups excluding carboxylic acids is 2. The molecule has 3 aromatic rings. The maximum atomic E-state index is 13.1. The van der Waals surface area contributed by atoms with Crippen molar-refractivity contribution < 1.29 is 19.1 Å². The van der Waals surface area contributed by atoms with E-state index in [0.29, 0.717) is 17.2 Å². The van der Waals surface area contributed by atoms with Crippen molar-refractivity contribution in [1.82, 2.24) is 15.2 Å². The highest BCUT2D eigenvalue weighted by Gasteiger charge is 2.31. The molecule has 1 aliphatic carbocycles. The maximum Gasteiger partial charge on any atom is 0.302 e. The number of methoxy groups -OCH3 is 1. The first-order valence-electron chi connectivity index (χ1n) is 13.2. The number of aromatic nitrogens is 2. The molecular weight excluding hydrogens is 550 g/mol. The SMILES string of the molecule is CCC1SC(=O)N(Cc2cccc(NC(=O)c3ccc(Cl)nn3)c2)N=C1c1ccc(OC)c(OC2CCCC2)c1. The van der Waals surface area contributed by atoms with Gasteiger partial charge in [-0.25, -0.2) is 5.01 Å². The predicted molar refractivity (Wildman–Crippen MR) is 156 cm³/mol. The second kappa shape index (κ2) is 12.7. The molecule has 40 heavy (non-hydrogen) atoms. The lowest BCUT2D eigenvalue weighted by molar-refractivity contribution is 0.102. The van der Waals surface area contributed by atoms with Crippen molar-refractivity contribution in [3.05, 3.63) is 76.6 Å². The average molecular weight is 580 g/mol. The number of amides is 2. The summed E-state index contributed by atoms with van der Waals surface area (Å²) < 4.78 is 11.9. The fourth-order valence-corrected chi connectivity index (χ4v) is 5.79. The monoisotopic (exact) mass is 579 g/mol. The van der Waals surface area contributed by atoms with Gasteiger partial charge in [-0.3, -0.25) is 9.59 Å². The first kappa shape index (κ1) is 27.9. The molecule has 0 saturated heterocycles. The van der Waals surface area contributed by atoms with Gasteiger partial charge >= 0.3 is 5.24 Å². The standard InChI is InChI=1S/C29H30ClN5O4S/c1-3-25-27(19-11-13-23(38-2)24(16-19)39-21-9-4-5-10-21)34-35(29(37)40-25)17-18-7-6-8-20(15-18)31-28(36)22-12-14-26(30)33-32-22/h6-8,11-16,21,25H,3-5,9-10,17H2,1-2H3,(H,31,36). The van der Waals surface area contributed by atoms with E-state index < -0.39 is 5.91 Å². The van der Waals surface area contributed by atoms with Crippen LogP contribution in [0.15, 0.2) is 59.7 Å². The molecule has 2 heterocycles. The summed E-state index contributed by atoms with van der Waals surface area (Å²) in [6.45, 7) is 2.30. The normalized spacial score (nSPS) is 17.5. The van der Waals surface area contributed by atoms with Gasteiger partial charge in [-0.1, -0.05) is 42.4 Å². The molecule has 1 aliphatic heterocycles. The molecule has 1 unspecified atom stereocenters. The van der Waals surface area contributed by atoms with Crippen LogP contribution in [0.25, 0.3) is 0 Å². The number of benzene rings is 2. The van der Waals surface area contributed by atoms with E-state index in [-0.39, 0.29) is 34.0 Å². The largest absolute Gasteiger partial charge is 0.493 e. The summed E-state index contributed by atoms with van der Waals surface area (Å²) in [5, 5.41) is 16.6. The Balaban J connectivity index is 1.36. The molecule has 1 aromatic heterocycles. The highest BCUT2D eigenvalue weighted by Crippen LogP contribution is 2.36.